The molecule has 6 heteroatoms. The number of carbonyl (C=O) groups excluding carboxylic acids is 2. The van der Waals surface area contributed by atoms with Gasteiger partial charge in [0, 0.05) is 36.9 Å². The summed E-state index contributed by atoms with van der Waals surface area (Å²) < 4.78 is 5.76. The van der Waals surface area contributed by atoms with Crippen molar-refractivity contribution in [3.63, 3.8) is 0 Å². The summed E-state index contributed by atoms with van der Waals surface area (Å²) in [6, 6.07) is 17.3. The predicted octanol–water partition coefficient (Wildman–Crippen LogP) is 5.08. The summed E-state index contributed by atoms with van der Waals surface area (Å²) in [5.74, 6) is 0.791. The Morgan fingerprint density at radius 3 is 2.76 bits per heavy atom. The maximum atomic E-state index is 13.2. The van der Waals surface area contributed by atoms with Gasteiger partial charge in [0.2, 0.25) is 5.91 Å². The van der Waals surface area contributed by atoms with Crippen molar-refractivity contribution < 1.29 is 14.3 Å². The van der Waals surface area contributed by atoms with Gasteiger partial charge >= 0.3 is 0 Å². The molecule has 33 heavy (non-hydrogen) atoms. The van der Waals surface area contributed by atoms with Crippen LogP contribution in [0.5, 0.6) is 5.75 Å². The number of anilines is 1. The molecule has 1 amide bonds. The number of hydrogen-bond donors (Lipinski definition) is 1. The highest BCUT2D eigenvalue weighted by Gasteiger charge is 2.27. The number of fused-ring (bicyclic) bond motifs is 1. The standard InChI is InChI=1S/C27H31N3O3/c1-18(2)33-23-9-4-7-20(15-23)27(32)21-8-6-14-30(16-21)17-22-12-13-24-25(28-19(3)31)10-5-11-26(24)29-22/h4-5,7,9-13,15,18,21H,6,8,14,16-17H2,1-3H3,(H,28,31). The summed E-state index contributed by atoms with van der Waals surface area (Å²) >= 11 is 0. The Morgan fingerprint density at radius 1 is 1.15 bits per heavy atom. The van der Waals surface area contributed by atoms with E-state index in [0.29, 0.717) is 12.1 Å². The van der Waals surface area contributed by atoms with E-state index >= 15 is 0 Å². The van der Waals surface area contributed by atoms with Crippen LogP contribution in [0.25, 0.3) is 10.9 Å². The molecule has 3 aromatic rings. The molecular formula is C27H31N3O3. The van der Waals surface area contributed by atoms with Crippen molar-refractivity contribution in [2.45, 2.75) is 46.3 Å². The SMILES string of the molecule is CC(=O)Nc1cccc2nc(CN3CCCC(C(=O)c4cccc(OC(C)C)c4)C3)ccc12. The minimum Gasteiger partial charge on any atom is -0.491 e. The smallest absolute Gasteiger partial charge is 0.221 e. The van der Waals surface area contributed by atoms with E-state index in [9.17, 15) is 9.59 Å². The summed E-state index contributed by atoms with van der Waals surface area (Å²) in [4.78, 5) is 31.8. The van der Waals surface area contributed by atoms with Crippen molar-refractivity contribution in [3.8, 4) is 5.75 Å². The van der Waals surface area contributed by atoms with Crippen molar-refractivity contribution in [1.82, 2.24) is 9.88 Å². The van der Waals surface area contributed by atoms with Crippen LogP contribution in [0.1, 0.15) is 49.7 Å². The molecule has 4 rings (SSSR count). The van der Waals surface area contributed by atoms with E-state index < -0.39 is 0 Å². The molecule has 1 N–H and O–H groups in total. The maximum Gasteiger partial charge on any atom is 0.221 e. The molecule has 1 saturated heterocycles. The molecule has 172 valence electrons. The van der Waals surface area contributed by atoms with Crippen LogP contribution in [0.2, 0.25) is 0 Å². The maximum absolute atomic E-state index is 13.2. The highest BCUT2D eigenvalue weighted by atomic mass is 16.5. The lowest BCUT2D eigenvalue weighted by molar-refractivity contribution is -0.114. The molecule has 0 saturated carbocycles. The molecule has 6 nitrogen and oxygen atoms in total. The first-order chi connectivity index (χ1) is 15.9. The number of aromatic nitrogens is 1. The van der Waals surface area contributed by atoms with Gasteiger partial charge in [-0.15, -0.1) is 0 Å². The highest BCUT2D eigenvalue weighted by Crippen LogP contribution is 2.26. The van der Waals surface area contributed by atoms with E-state index in [1.165, 1.54) is 6.92 Å². The quantitative estimate of drug-likeness (QED) is 0.514. The van der Waals surface area contributed by atoms with E-state index in [1.807, 2.05) is 68.4 Å². The summed E-state index contributed by atoms with van der Waals surface area (Å²) in [5.41, 5.74) is 3.30. The Labute approximate surface area is 195 Å². The first kappa shape index (κ1) is 22.9. The van der Waals surface area contributed by atoms with Gasteiger partial charge < -0.3 is 10.1 Å². The topological polar surface area (TPSA) is 71.5 Å². The number of amides is 1. The number of hydrogen-bond acceptors (Lipinski definition) is 5. The van der Waals surface area contributed by atoms with Gasteiger partial charge in [0.1, 0.15) is 5.75 Å². The van der Waals surface area contributed by atoms with Crippen LogP contribution in [0, 0.1) is 5.92 Å². The van der Waals surface area contributed by atoms with Gasteiger partial charge in [0.25, 0.3) is 0 Å². The lowest BCUT2D eigenvalue weighted by atomic mass is 9.90. The van der Waals surface area contributed by atoms with Crippen LogP contribution in [0.15, 0.2) is 54.6 Å². The fourth-order valence-corrected chi connectivity index (χ4v) is 4.46. The number of ketones is 1. The summed E-state index contributed by atoms with van der Waals surface area (Å²) in [5, 5.41) is 3.78. The van der Waals surface area contributed by atoms with Crippen molar-refractivity contribution >= 4 is 28.3 Å². The second-order valence-corrected chi connectivity index (χ2v) is 8.99. The second-order valence-electron chi connectivity index (χ2n) is 8.99. The van der Waals surface area contributed by atoms with Crippen LogP contribution in [-0.4, -0.2) is 40.8 Å². The average molecular weight is 446 g/mol. The summed E-state index contributed by atoms with van der Waals surface area (Å²) in [6.07, 6.45) is 1.96. The monoisotopic (exact) mass is 445 g/mol. The third kappa shape index (κ3) is 5.76. The molecule has 0 spiro atoms. The van der Waals surface area contributed by atoms with Gasteiger partial charge in [-0.05, 0) is 69.6 Å². The normalized spacial score (nSPS) is 16.7. The van der Waals surface area contributed by atoms with E-state index in [1.54, 1.807) is 0 Å². The summed E-state index contributed by atoms with van der Waals surface area (Å²) in [7, 11) is 0. The van der Waals surface area contributed by atoms with Gasteiger partial charge in [-0.1, -0.05) is 18.2 Å². The number of nitrogens with one attached hydrogen (secondary N) is 1. The van der Waals surface area contributed by atoms with Gasteiger partial charge in [0.05, 0.1) is 23.0 Å². The fraction of sp³-hybridized carbons (Fsp3) is 0.370. The lowest BCUT2D eigenvalue weighted by Gasteiger charge is -2.31. The third-order valence-electron chi connectivity index (χ3n) is 5.85. The number of likely N-dealkylation sites (tertiary alicyclic amines) is 1. The van der Waals surface area contributed by atoms with Crippen molar-refractivity contribution in [3.05, 3.63) is 65.9 Å². The molecule has 1 aliphatic rings. The molecule has 0 bridgehead atoms. The number of Topliss-reactive ketones (excluding diaryl/α,β-unsaturated/α-hetero) is 1. The molecule has 1 atom stereocenters. The minimum absolute atomic E-state index is 0.0279. The van der Waals surface area contributed by atoms with Crippen molar-refractivity contribution in [2.75, 3.05) is 18.4 Å². The Bertz CT molecular complexity index is 1160. The van der Waals surface area contributed by atoms with Crippen molar-refractivity contribution in [2.24, 2.45) is 5.92 Å². The number of benzene rings is 2. The van der Waals surface area contributed by atoms with Crippen LogP contribution in [0.4, 0.5) is 5.69 Å². The molecule has 1 fully saturated rings. The van der Waals surface area contributed by atoms with Crippen LogP contribution < -0.4 is 10.1 Å². The number of piperidine rings is 1. The average Bonchev–Trinajstić information content (AvgIpc) is 2.78. The van der Waals surface area contributed by atoms with Crippen LogP contribution in [-0.2, 0) is 11.3 Å². The fourth-order valence-electron chi connectivity index (χ4n) is 4.46. The highest BCUT2D eigenvalue weighted by molar-refractivity contribution is 6.00. The number of nitrogens with zero attached hydrogens (tertiary/aromatic N) is 2. The lowest BCUT2D eigenvalue weighted by Crippen LogP contribution is -2.38. The molecule has 0 aliphatic carbocycles. The largest absolute Gasteiger partial charge is 0.491 e. The van der Waals surface area contributed by atoms with E-state index in [2.05, 4.69) is 10.2 Å². The number of pyridine rings is 1. The first-order valence-electron chi connectivity index (χ1n) is 11.6. The van der Waals surface area contributed by atoms with E-state index in [0.717, 1.165) is 54.0 Å². The van der Waals surface area contributed by atoms with Crippen LogP contribution in [0.3, 0.4) is 0 Å². The second kappa shape index (κ2) is 10.1. The Hall–Kier alpha value is -3.25. The third-order valence-corrected chi connectivity index (χ3v) is 5.85. The van der Waals surface area contributed by atoms with Crippen molar-refractivity contribution in [1.29, 1.82) is 0 Å². The Balaban J connectivity index is 1.45. The van der Waals surface area contributed by atoms with E-state index in [-0.39, 0.29) is 23.7 Å². The molecule has 2 heterocycles. The Kier molecular flexibility index (Phi) is 7.04. The number of ether oxygens (including phenoxy) is 1. The zero-order chi connectivity index (χ0) is 23.4. The molecule has 0 radical (unpaired) electrons. The van der Waals surface area contributed by atoms with Gasteiger partial charge in [0.15, 0.2) is 5.78 Å². The number of rotatable bonds is 7. The minimum atomic E-state index is -0.100. The molecule has 2 aromatic carbocycles. The molecule has 1 aliphatic heterocycles. The van der Waals surface area contributed by atoms with Gasteiger partial charge in [-0.2, -0.15) is 0 Å². The molecular weight excluding hydrogens is 414 g/mol. The zero-order valence-electron chi connectivity index (χ0n) is 19.5. The summed E-state index contributed by atoms with van der Waals surface area (Å²) in [6.45, 7) is 7.83. The van der Waals surface area contributed by atoms with E-state index in [4.69, 9.17) is 9.72 Å². The predicted molar refractivity (Wildman–Crippen MR) is 131 cm³/mol. The molecule has 1 aromatic heterocycles. The van der Waals surface area contributed by atoms with Crippen LogP contribution >= 0.6 is 0 Å². The Morgan fingerprint density at radius 2 is 1.97 bits per heavy atom. The first-order valence-corrected chi connectivity index (χ1v) is 11.6. The number of carbonyl (C=O) groups is 2. The zero-order valence-corrected chi connectivity index (χ0v) is 19.5. The van der Waals surface area contributed by atoms with Gasteiger partial charge in [-0.3, -0.25) is 19.5 Å². The van der Waals surface area contributed by atoms with Gasteiger partial charge in [-0.25, -0.2) is 0 Å². The molecule has 1 unspecified atom stereocenters.